The molecule has 0 aliphatic carbocycles. The maximum absolute atomic E-state index is 10.4. The van der Waals surface area contributed by atoms with Gasteiger partial charge in [0.25, 0.3) is 9.24 Å². The lowest BCUT2D eigenvalue weighted by Crippen LogP contribution is -2.22. The molecule has 0 aliphatic heterocycles. The Labute approximate surface area is 60.2 Å². The Hall–Kier alpha value is 0.200. The predicted octanol–water partition coefficient (Wildman–Crippen LogP) is 0.812. The molecule has 0 atom stereocenters. The molecule has 0 spiro atoms. The molecule has 9 heavy (non-hydrogen) atoms. The third kappa shape index (κ3) is 3.72. The maximum atomic E-state index is 10.4. The van der Waals surface area contributed by atoms with Crippen LogP contribution in [0.2, 0.25) is 0 Å². The average molecular weight is 172 g/mol. The first-order valence-electron chi connectivity index (χ1n) is 2.64. The first-order valence-corrected chi connectivity index (χ1v) is 4.91. The number of nitrogens with zero attached hydrogens (tertiary/aromatic N) is 1. The van der Waals surface area contributed by atoms with Crippen LogP contribution >= 0.6 is 10.7 Å². The monoisotopic (exact) mass is 171 g/mol. The molecule has 0 aromatic heterocycles. The van der Waals surface area contributed by atoms with Crippen molar-refractivity contribution in [3.8, 4) is 0 Å². The van der Waals surface area contributed by atoms with E-state index in [2.05, 4.69) is 0 Å². The largest absolute Gasteiger partial charge is 0.299 e. The minimum atomic E-state index is -3.46. The summed E-state index contributed by atoms with van der Waals surface area (Å²) in [4.78, 5) is 0. The molecule has 0 N–H and O–H groups in total. The molecular formula is C4H10ClNO2S. The van der Waals surface area contributed by atoms with Gasteiger partial charge in [-0.05, 0) is 6.42 Å². The number of rotatable bonds is 3. The molecule has 0 saturated carbocycles. The normalized spacial score (nSPS) is 12.4. The van der Waals surface area contributed by atoms with Gasteiger partial charge in [-0.25, -0.2) is 0 Å². The van der Waals surface area contributed by atoms with E-state index < -0.39 is 9.24 Å². The smallest absolute Gasteiger partial charge is 0.195 e. The van der Waals surface area contributed by atoms with Crippen LogP contribution < -0.4 is 0 Å². The number of hydrogen-bond acceptors (Lipinski definition) is 2. The molecule has 56 valence electrons. The zero-order valence-electron chi connectivity index (χ0n) is 5.46. The van der Waals surface area contributed by atoms with Crippen molar-refractivity contribution < 1.29 is 8.42 Å². The molecule has 0 aromatic rings. The van der Waals surface area contributed by atoms with Gasteiger partial charge in [-0.1, -0.05) is 6.92 Å². The fourth-order valence-electron chi connectivity index (χ4n) is 0.424. The van der Waals surface area contributed by atoms with Crippen molar-refractivity contribution in [3.05, 3.63) is 0 Å². The third-order valence-electron chi connectivity index (χ3n) is 0.911. The van der Waals surface area contributed by atoms with E-state index in [0.717, 1.165) is 10.7 Å². The van der Waals surface area contributed by atoms with Crippen molar-refractivity contribution >= 4 is 19.9 Å². The van der Waals surface area contributed by atoms with Gasteiger partial charge in [0.2, 0.25) is 0 Å². The fraction of sp³-hybridized carbons (Fsp3) is 1.00. The lowest BCUT2D eigenvalue weighted by Gasteiger charge is -2.08. The Morgan fingerprint density at radius 3 is 2.11 bits per heavy atom. The highest BCUT2D eigenvalue weighted by Crippen LogP contribution is 2.02. The van der Waals surface area contributed by atoms with Gasteiger partial charge in [0.05, 0.1) is 0 Å². The van der Waals surface area contributed by atoms with E-state index >= 15 is 0 Å². The van der Waals surface area contributed by atoms with Gasteiger partial charge >= 0.3 is 0 Å². The summed E-state index contributed by atoms with van der Waals surface area (Å²) in [5, 5.41) is 0. The average Bonchev–Trinajstić information content (AvgIpc) is 1.64. The Balaban J connectivity index is 3.90. The molecule has 0 amide bonds. The van der Waals surface area contributed by atoms with Gasteiger partial charge in [-0.15, -0.1) is 0 Å². The summed E-state index contributed by atoms with van der Waals surface area (Å²) in [6.45, 7) is 2.37. The van der Waals surface area contributed by atoms with Crippen LogP contribution in [-0.2, 0) is 9.24 Å². The first-order chi connectivity index (χ1) is 3.98. The second kappa shape index (κ2) is 3.39. The molecule has 0 rings (SSSR count). The Kier molecular flexibility index (Phi) is 3.46. The number of hydrogen-bond donors (Lipinski definition) is 0. The van der Waals surface area contributed by atoms with Gasteiger partial charge in [0.15, 0.2) is 0 Å². The van der Waals surface area contributed by atoms with E-state index in [1.807, 2.05) is 6.92 Å². The SMILES string of the molecule is CCCN(C)S(=O)(=O)Cl. The second-order valence-corrected chi connectivity index (χ2v) is 4.38. The van der Waals surface area contributed by atoms with Crippen molar-refractivity contribution in [2.45, 2.75) is 13.3 Å². The number of halogens is 1. The van der Waals surface area contributed by atoms with E-state index in [-0.39, 0.29) is 0 Å². The molecule has 0 bridgehead atoms. The van der Waals surface area contributed by atoms with Crippen LogP contribution in [0.25, 0.3) is 0 Å². The minimum Gasteiger partial charge on any atom is -0.195 e. The second-order valence-electron chi connectivity index (χ2n) is 1.76. The fourth-order valence-corrected chi connectivity index (χ4v) is 1.03. The van der Waals surface area contributed by atoms with Gasteiger partial charge in [0, 0.05) is 24.3 Å². The third-order valence-corrected chi connectivity index (χ3v) is 2.54. The van der Waals surface area contributed by atoms with E-state index in [4.69, 9.17) is 10.7 Å². The Morgan fingerprint density at radius 1 is 1.56 bits per heavy atom. The van der Waals surface area contributed by atoms with E-state index in [1.54, 1.807) is 0 Å². The van der Waals surface area contributed by atoms with Crippen LogP contribution in [0.5, 0.6) is 0 Å². The molecule has 0 saturated heterocycles. The van der Waals surface area contributed by atoms with E-state index in [1.165, 1.54) is 7.05 Å². The van der Waals surface area contributed by atoms with Crippen molar-refractivity contribution in [1.29, 1.82) is 0 Å². The molecule has 0 radical (unpaired) electrons. The van der Waals surface area contributed by atoms with Crippen molar-refractivity contribution in [2.75, 3.05) is 13.6 Å². The quantitative estimate of drug-likeness (QED) is 0.590. The molecule has 0 heterocycles. The Bertz CT molecular complexity index is 165. The van der Waals surface area contributed by atoms with Gasteiger partial charge in [-0.2, -0.15) is 12.7 Å². The van der Waals surface area contributed by atoms with Crippen LogP contribution in [-0.4, -0.2) is 26.3 Å². The highest BCUT2D eigenvalue weighted by Gasteiger charge is 2.10. The molecular weight excluding hydrogens is 162 g/mol. The topological polar surface area (TPSA) is 37.4 Å². The lowest BCUT2D eigenvalue weighted by molar-refractivity contribution is 0.482. The molecule has 5 heteroatoms. The van der Waals surface area contributed by atoms with Gasteiger partial charge < -0.3 is 0 Å². The summed E-state index contributed by atoms with van der Waals surface area (Å²) in [7, 11) is 2.95. The van der Waals surface area contributed by atoms with E-state index in [9.17, 15) is 8.42 Å². The summed E-state index contributed by atoms with van der Waals surface area (Å²) in [6.07, 6.45) is 0.780. The molecule has 0 aromatic carbocycles. The lowest BCUT2D eigenvalue weighted by atomic mass is 10.5. The van der Waals surface area contributed by atoms with Crippen LogP contribution in [0.15, 0.2) is 0 Å². The summed E-state index contributed by atoms with van der Waals surface area (Å²) < 4.78 is 21.9. The summed E-state index contributed by atoms with van der Waals surface area (Å²) >= 11 is 0. The van der Waals surface area contributed by atoms with E-state index in [0.29, 0.717) is 6.54 Å². The van der Waals surface area contributed by atoms with Gasteiger partial charge in [0.1, 0.15) is 0 Å². The summed E-state index contributed by atoms with van der Waals surface area (Å²) in [5.41, 5.74) is 0. The highest BCUT2D eigenvalue weighted by atomic mass is 35.7. The standard InChI is InChI=1S/C4H10ClNO2S/c1-3-4-6(2)9(5,7)8/h3-4H2,1-2H3. The zero-order chi connectivity index (χ0) is 7.49. The van der Waals surface area contributed by atoms with Crippen LogP contribution in [0, 0.1) is 0 Å². The van der Waals surface area contributed by atoms with Crippen LogP contribution in [0.1, 0.15) is 13.3 Å². The maximum Gasteiger partial charge on any atom is 0.299 e. The minimum absolute atomic E-state index is 0.478. The van der Waals surface area contributed by atoms with Crippen LogP contribution in [0.3, 0.4) is 0 Å². The molecule has 3 nitrogen and oxygen atoms in total. The molecule has 0 fully saturated rings. The molecule has 0 unspecified atom stereocenters. The predicted molar refractivity (Wildman–Crippen MR) is 37.7 cm³/mol. The zero-order valence-corrected chi connectivity index (χ0v) is 7.04. The first kappa shape index (κ1) is 9.20. The van der Waals surface area contributed by atoms with Crippen LogP contribution in [0.4, 0.5) is 0 Å². The van der Waals surface area contributed by atoms with Crippen molar-refractivity contribution in [2.24, 2.45) is 0 Å². The van der Waals surface area contributed by atoms with Crippen molar-refractivity contribution in [1.82, 2.24) is 4.31 Å². The van der Waals surface area contributed by atoms with Gasteiger partial charge in [-0.3, -0.25) is 0 Å². The van der Waals surface area contributed by atoms with Crippen molar-refractivity contribution in [3.63, 3.8) is 0 Å². The Morgan fingerprint density at radius 2 is 2.00 bits per heavy atom. The molecule has 0 aliphatic rings. The summed E-state index contributed by atoms with van der Waals surface area (Å²) in [6, 6.07) is 0. The summed E-state index contributed by atoms with van der Waals surface area (Å²) in [5.74, 6) is 0. The highest BCUT2D eigenvalue weighted by molar-refractivity contribution is 8.11.